The molecule has 1 aromatic carbocycles. The highest BCUT2D eigenvalue weighted by molar-refractivity contribution is 6.32. The monoisotopic (exact) mass is 262 g/mol. The summed E-state index contributed by atoms with van der Waals surface area (Å²) in [5, 5.41) is 0.105. The van der Waals surface area contributed by atoms with Crippen molar-refractivity contribution in [1.82, 2.24) is 9.55 Å². The van der Waals surface area contributed by atoms with E-state index in [0.29, 0.717) is 5.56 Å². The zero-order valence-electron chi connectivity index (χ0n) is 9.52. The van der Waals surface area contributed by atoms with Crippen molar-refractivity contribution in [2.45, 2.75) is 18.9 Å². The molecule has 18 heavy (non-hydrogen) atoms. The second kappa shape index (κ2) is 4.14. The predicted octanol–water partition coefficient (Wildman–Crippen LogP) is 2.19. The van der Waals surface area contributed by atoms with E-state index in [0.717, 1.165) is 18.4 Å². The lowest BCUT2D eigenvalue weighted by Gasteiger charge is -2.07. The predicted molar refractivity (Wildman–Crippen MR) is 70.0 cm³/mol. The molecule has 1 fully saturated rings. The number of nitrogens with one attached hydrogen (secondary N) is 1. The van der Waals surface area contributed by atoms with E-state index in [4.69, 9.17) is 11.6 Å². The average Bonchev–Trinajstić information content (AvgIpc) is 3.14. The fourth-order valence-corrected chi connectivity index (χ4v) is 2.31. The Bertz CT molecular complexity index is 699. The van der Waals surface area contributed by atoms with Gasteiger partial charge in [0.1, 0.15) is 5.15 Å². The van der Waals surface area contributed by atoms with E-state index in [1.165, 1.54) is 4.57 Å². The Morgan fingerprint density at radius 3 is 2.44 bits per heavy atom. The maximum Gasteiger partial charge on any atom is 0.329 e. The molecule has 1 saturated carbocycles. The van der Waals surface area contributed by atoms with Crippen LogP contribution in [0.2, 0.25) is 5.15 Å². The second-order valence-corrected chi connectivity index (χ2v) is 4.77. The van der Waals surface area contributed by atoms with Crippen LogP contribution in [0.25, 0.3) is 11.1 Å². The minimum Gasteiger partial charge on any atom is -0.297 e. The van der Waals surface area contributed by atoms with Crippen LogP contribution in [0.5, 0.6) is 0 Å². The summed E-state index contributed by atoms with van der Waals surface area (Å²) >= 11 is 6.00. The van der Waals surface area contributed by atoms with E-state index in [-0.39, 0.29) is 16.8 Å². The summed E-state index contributed by atoms with van der Waals surface area (Å²) in [5.41, 5.74) is 0.353. The number of aromatic nitrogens is 2. The molecular weight excluding hydrogens is 252 g/mol. The first-order chi connectivity index (χ1) is 8.68. The smallest absolute Gasteiger partial charge is 0.297 e. The van der Waals surface area contributed by atoms with E-state index in [1.807, 2.05) is 18.2 Å². The molecule has 1 aliphatic carbocycles. The van der Waals surface area contributed by atoms with Crippen molar-refractivity contribution in [1.29, 1.82) is 0 Å². The molecule has 0 saturated heterocycles. The highest BCUT2D eigenvalue weighted by atomic mass is 35.5. The first kappa shape index (κ1) is 11.3. The number of benzene rings is 1. The molecule has 1 N–H and O–H groups in total. The van der Waals surface area contributed by atoms with Gasteiger partial charge < -0.3 is 0 Å². The average molecular weight is 263 g/mol. The van der Waals surface area contributed by atoms with Crippen LogP contribution in [0.1, 0.15) is 18.9 Å². The fraction of sp³-hybridized carbons (Fsp3) is 0.231. The quantitative estimate of drug-likeness (QED) is 0.844. The molecule has 92 valence electrons. The summed E-state index contributed by atoms with van der Waals surface area (Å²) in [4.78, 5) is 26.6. The van der Waals surface area contributed by atoms with Gasteiger partial charge in [-0.05, 0) is 18.4 Å². The van der Waals surface area contributed by atoms with Gasteiger partial charge in [0.25, 0.3) is 5.56 Å². The number of nitrogens with zero attached hydrogens (tertiary/aromatic N) is 1. The van der Waals surface area contributed by atoms with Gasteiger partial charge in [-0.15, -0.1) is 0 Å². The van der Waals surface area contributed by atoms with Crippen LogP contribution < -0.4 is 11.2 Å². The Balaban J connectivity index is 2.30. The van der Waals surface area contributed by atoms with Crippen molar-refractivity contribution in [3.8, 4) is 11.1 Å². The van der Waals surface area contributed by atoms with Gasteiger partial charge in [-0.3, -0.25) is 14.3 Å². The molecule has 1 aliphatic rings. The van der Waals surface area contributed by atoms with Crippen LogP contribution in [-0.2, 0) is 0 Å². The van der Waals surface area contributed by atoms with Crippen molar-refractivity contribution >= 4 is 11.6 Å². The molecule has 1 heterocycles. The molecule has 0 atom stereocenters. The number of hydrogen-bond acceptors (Lipinski definition) is 2. The van der Waals surface area contributed by atoms with Gasteiger partial charge in [0.2, 0.25) is 0 Å². The molecule has 5 heteroatoms. The second-order valence-electron chi connectivity index (χ2n) is 4.39. The maximum absolute atomic E-state index is 12.4. The van der Waals surface area contributed by atoms with Gasteiger partial charge >= 0.3 is 5.69 Å². The van der Waals surface area contributed by atoms with E-state index in [9.17, 15) is 9.59 Å². The highest BCUT2D eigenvalue weighted by Crippen LogP contribution is 2.33. The van der Waals surface area contributed by atoms with Crippen LogP contribution in [0.3, 0.4) is 0 Å². The summed E-state index contributed by atoms with van der Waals surface area (Å²) in [6.45, 7) is 0. The van der Waals surface area contributed by atoms with E-state index >= 15 is 0 Å². The van der Waals surface area contributed by atoms with Gasteiger partial charge in [0.05, 0.1) is 5.56 Å². The lowest BCUT2D eigenvalue weighted by atomic mass is 10.1. The first-order valence-corrected chi connectivity index (χ1v) is 6.16. The van der Waals surface area contributed by atoms with Gasteiger partial charge in [0, 0.05) is 6.04 Å². The SMILES string of the molecule is O=c1[nH]c(Cl)c(-c2ccccc2)c(=O)n1C1CC1. The molecule has 2 aromatic rings. The molecule has 0 bridgehead atoms. The van der Waals surface area contributed by atoms with Crippen molar-refractivity contribution in [3.05, 3.63) is 56.3 Å². The summed E-state index contributed by atoms with van der Waals surface area (Å²) in [6, 6.07) is 9.16. The van der Waals surface area contributed by atoms with Gasteiger partial charge in [-0.25, -0.2) is 4.79 Å². The zero-order valence-corrected chi connectivity index (χ0v) is 10.3. The molecular formula is C13H11ClN2O2. The van der Waals surface area contributed by atoms with Crippen LogP contribution in [0, 0.1) is 0 Å². The largest absolute Gasteiger partial charge is 0.329 e. The molecule has 0 amide bonds. The molecule has 0 spiro atoms. The standard InChI is InChI=1S/C13H11ClN2O2/c14-11-10(8-4-2-1-3-5-8)12(17)16(9-6-7-9)13(18)15-11/h1-5,9H,6-7H2,(H,15,18). The highest BCUT2D eigenvalue weighted by Gasteiger charge is 2.28. The Labute approximate surface area is 108 Å². The van der Waals surface area contributed by atoms with Crippen molar-refractivity contribution < 1.29 is 0 Å². The van der Waals surface area contributed by atoms with Crippen molar-refractivity contribution in [2.75, 3.05) is 0 Å². The molecule has 3 rings (SSSR count). The topological polar surface area (TPSA) is 54.9 Å². The minimum absolute atomic E-state index is 0.0287. The zero-order chi connectivity index (χ0) is 12.7. The van der Waals surface area contributed by atoms with Crippen LogP contribution in [-0.4, -0.2) is 9.55 Å². The Hall–Kier alpha value is -1.81. The molecule has 0 aliphatic heterocycles. The van der Waals surface area contributed by atoms with E-state index in [1.54, 1.807) is 12.1 Å². The minimum atomic E-state index is -0.424. The van der Waals surface area contributed by atoms with Gasteiger partial charge in [-0.1, -0.05) is 41.9 Å². The first-order valence-electron chi connectivity index (χ1n) is 5.78. The van der Waals surface area contributed by atoms with Crippen LogP contribution in [0.4, 0.5) is 0 Å². The number of hydrogen-bond donors (Lipinski definition) is 1. The van der Waals surface area contributed by atoms with Crippen molar-refractivity contribution in [2.24, 2.45) is 0 Å². The molecule has 1 aromatic heterocycles. The number of H-pyrrole nitrogens is 1. The van der Waals surface area contributed by atoms with E-state index in [2.05, 4.69) is 4.98 Å². The number of halogens is 1. The summed E-state index contributed by atoms with van der Waals surface area (Å²) in [5.74, 6) is 0. The normalized spacial score (nSPS) is 14.7. The van der Waals surface area contributed by atoms with Crippen molar-refractivity contribution in [3.63, 3.8) is 0 Å². The lowest BCUT2D eigenvalue weighted by molar-refractivity contribution is 0.657. The summed E-state index contributed by atoms with van der Waals surface area (Å²) in [6.07, 6.45) is 1.75. The number of rotatable bonds is 2. The third-order valence-electron chi connectivity index (χ3n) is 3.06. The van der Waals surface area contributed by atoms with Crippen LogP contribution in [0.15, 0.2) is 39.9 Å². The Kier molecular flexibility index (Phi) is 2.59. The fourth-order valence-electron chi connectivity index (χ4n) is 2.04. The van der Waals surface area contributed by atoms with Gasteiger partial charge in [0.15, 0.2) is 0 Å². The third kappa shape index (κ3) is 1.78. The molecule has 4 nitrogen and oxygen atoms in total. The van der Waals surface area contributed by atoms with Crippen LogP contribution >= 0.6 is 11.6 Å². The molecule has 0 radical (unpaired) electrons. The lowest BCUT2D eigenvalue weighted by Crippen LogP contribution is -2.35. The number of aromatic amines is 1. The molecule has 0 unspecified atom stereocenters. The Morgan fingerprint density at radius 1 is 1.17 bits per heavy atom. The van der Waals surface area contributed by atoms with E-state index < -0.39 is 5.69 Å². The summed E-state index contributed by atoms with van der Waals surface area (Å²) < 4.78 is 1.27. The third-order valence-corrected chi connectivity index (χ3v) is 3.35. The van der Waals surface area contributed by atoms with Gasteiger partial charge in [-0.2, -0.15) is 0 Å². The maximum atomic E-state index is 12.4. The Morgan fingerprint density at radius 2 is 1.83 bits per heavy atom. The summed E-state index contributed by atoms with van der Waals surface area (Å²) in [7, 11) is 0.